The lowest BCUT2D eigenvalue weighted by atomic mass is 9.97. The maximum atomic E-state index is 11.6. The molecule has 4 N–H and O–H groups in total. The molecular formula is C10H24ClN3O3S. The van der Waals surface area contributed by atoms with Crippen molar-refractivity contribution in [1.29, 1.82) is 0 Å². The molecule has 0 saturated heterocycles. The molecule has 0 bridgehead atoms. The van der Waals surface area contributed by atoms with Crippen LogP contribution in [0.5, 0.6) is 0 Å². The Kier molecular flexibility index (Phi) is 9.63. The number of hydrogen-bond acceptors (Lipinski definition) is 4. The van der Waals surface area contributed by atoms with Gasteiger partial charge in [-0.3, -0.25) is 4.79 Å². The van der Waals surface area contributed by atoms with Crippen molar-refractivity contribution in [1.82, 2.24) is 10.0 Å². The number of carbonyl (C=O) groups is 1. The van der Waals surface area contributed by atoms with Crippen LogP contribution in [0.25, 0.3) is 0 Å². The topological polar surface area (TPSA) is 101 Å². The number of amides is 1. The van der Waals surface area contributed by atoms with E-state index >= 15 is 0 Å². The molecule has 0 aromatic carbocycles. The molecule has 1 unspecified atom stereocenters. The molecule has 0 radical (unpaired) electrons. The standard InChI is InChI=1S/C10H23N3O3S.ClH/c1-4-6-10(3,11)9(14)12-7-8-13-17(15,16)5-2;/h13H,4-8,11H2,1-3H3,(H,12,14);1H. The molecule has 0 rings (SSSR count). The van der Waals surface area contributed by atoms with Gasteiger partial charge in [-0.05, 0) is 20.3 Å². The first-order valence-electron chi connectivity index (χ1n) is 5.79. The summed E-state index contributed by atoms with van der Waals surface area (Å²) in [5.41, 5.74) is 4.92. The highest BCUT2D eigenvalue weighted by molar-refractivity contribution is 7.89. The first-order valence-corrected chi connectivity index (χ1v) is 7.45. The third-order valence-electron chi connectivity index (χ3n) is 2.40. The lowest BCUT2D eigenvalue weighted by Crippen LogP contribution is -2.52. The SMILES string of the molecule is CCCC(C)(N)C(=O)NCCNS(=O)(=O)CC.Cl. The number of sulfonamides is 1. The Morgan fingerprint density at radius 2 is 1.83 bits per heavy atom. The number of hydrogen-bond donors (Lipinski definition) is 3. The van der Waals surface area contributed by atoms with Gasteiger partial charge >= 0.3 is 0 Å². The molecule has 1 amide bonds. The normalized spacial score (nSPS) is 14.4. The highest BCUT2D eigenvalue weighted by Crippen LogP contribution is 2.07. The van der Waals surface area contributed by atoms with Gasteiger partial charge in [0.2, 0.25) is 15.9 Å². The fourth-order valence-corrected chi connectivity index (χ4v) is 1.94. The largest absolute Gasteiger partial charge is 0.353 e. The van der Waals surface area contributed by atoms with Crippen LogP contribution in [0.2, 0.25) is 0 Å². The highest BCUT2D eigenvalue weighted by atomic mass is 35.5. The van der Waals surface area contributed by atoms with Gasteiger partial charge in [-0.1, -0.05) is 13.3 Å². The van der Waals surface area contributed by atoms with Gasteiger partial charge in [-0.2, -0.15) is 0 Å². The maximum Gasteiger partial charge on any atom is 0.239 e. The molecule has 0 fully saturated rings. The maximum absolute atomic E-state index is 11.6. The van der Waals surface area contributed by atoms with Crippen LogP contribution in [0, 0.1) is 0 Å². The van der Waals surface area contributed by atoms with Crippen LogP contribution in [0.3, 0.4) is 0 Å². The van der Waals surface area contributed by atoms with Gasteiger partial charge < -0.3 is 11.1 Å². The summed E-state index contributed by atoms with van der Waals surface area (Å²) < 4.78 is 24.6. The van der Waals surface area contributed by atoms with E-state index in [0.29, 0.717) is 6.42 Å². The summed E-state index contributed by atoms with van der Waals surface area (Å²) in [5.74, 6) is -0.221. The summed E-state index contributed by atoms with van der Waals surface area (Å²) in [6.07, 6.45) is 1.42. The summed E-state index contributed by atoms with van der Waals surface area (Å²) in [7, 11) is -3.20. The van der Waals surface area contributed by atoms with Gasteiger partial charge in [-0.15, -0.1) is 12.4 Å². The number of rotatable bonds is 8. The summed E-state index contributed by atoms with van der Waals surface area (Å²) in [4.78, 5) is 11.6. The van der Waals surface area contributed by atoms with E-state index in [1.807, 2.05) is 6.92 Å². The zero-order valence-corrected chi connectivity index (χ0v) is 12.8. The summed E-state index contributed by atoms with van der Waals surface area (Å²) in [6, 6.07) is 0. The molecule has 0 spiro atoms. The second-order valence-electron chi connectivity index (χ2n) is 4.22. The fraction of sp³-hybridized carbons (Fsp3) is 0.900. The monoisotopic (exact) mass is 301 g/mol. The first kappa shape index (κ1) is 20.0. The average molecular weight is 302 g/mol. The van der Waals surface area contributed by atoms with Crippen molar-refractivity contribution in [3.8, 4) is 0 Å². The van der Waals surface area contributed by atoms with E-state index in [9.17, 15) is 13.2 Å². The van der Waals surface area contributed by atoms with Crippen LogP contribution in [0.1, 0.15) is 33.6 Å². The number of halogens is 1. The Morgan fingerprint density at radius 3 is 2.28 bits per heavy atom. The molecule has 8 heteroatoms. The third-order valence-corrected chi connectivity index (χ3v) is 3.80. The second kappa shape index (κ2) is 8.68. The van der Waals surface area contributed by atoms with E-state index < -0.39 is 15.6 Å². The van der Waals surface area contributed by atoms with E-state index in [1.54, 1.807) is 13.8 Å². The lowest BCUT2D eigenvalue weighted by molar-refractivity contribution is -0.126. The van der Waals surface area contributed by atoms with Gasteiger partial charge in [0, 0.05) is 13.1 Å². The quantitative estimate of drug-likeness (QED) is 0.548. The minimum atomic E-state index is -3.20. The summed E-state index contributed by atoms with van der Waals surface area (Å²) >= 11 is 0. The summed E-state index contributed by atoms with van der Waals surface area (Å²) in [6.45, 7) is 5.60. The van der Waals surface area contributed by atoms with Crippen molar-refractivity contribution >= 4 is 28.3 Å². The summed E-state index contributed by atoms with van der Waals surface area (Å²) in [5, 5.41) is 2.61. The van der Waals surface area contributed by atoms with Gasteiger partial charge in [0.15, 0.2) is 0 Å². The van der Waals surface area contributed by atoms with Crippen LogP contribution in [0.4, 0.5) is 0 Å². The lowest BCUT2D eigenvalue weighted by Gasteiger charge is -2.22. The van der Waals surface area contributed by atoms with E-state index in [0.717, 1.165) is 6.42 Å². The van der Waals surface area contributed by atoms with Gasteiger partial charge in [0.25, 0.3) is 0 Å². The second-order valence-corrected chi connectivity index (χ2v) is 6.32. The minimum Gasteiger partial charge on any atom is -0.353 e. The van der Waals surface area contributed by atoms with Crippen LogP contribution in [0.15, 0.2) is 0 Å². The Labute approximate surface area is 116 Å². The number of carbonyl (C=O) groups excluding carboxylic acids is 1. The van der Waals surface area contributed by atoms with Gasteiger partial charge in [0.1, 0.15) is 0 Å². The van der Waals surface area contributed by atoms with Crippen LogP contribution >= 0.6 is 12.4 Å². The third kappa shape index (κ3) is 7.86. The minimum absolute atomic E-state index is 0. The average Bonchev–Trinajstić information content (AvgIpc) is 2.24. The zero-order chi connectivity index (χ0) is 13.5. The molecule has 6 nitrogen and oxygen atoms in total. The zero-order valence-electron chi connectivity index (χ0n) is 11.2. The highest BCUT2D eigenvalue weighted by Gasteiger charge is 2.26. The van der Waals surface area contributed by atoms with E-state index in [-0.39, 0.29) is 37.2 Å². The number of nitrogens with one attached hydrogen (secondary N) is 2. The van der Waals surface area contributed by atoms with Crippen molar-refractivity contribution in [2.75, 3.05) is 18.8 Å². The molecule has 0 aliphatic rings. The molecule has 0 saturated carbocycles. The molecule has 0 aromatic rings. The molecule has 0 aromatic heterocycles. The Morgan fingerprint density at radius 1 is 1.28 bits per heavy atom. The van der Waals surface area contributed by atoms with Crippen LogP contribution in [-0.2, 0) is 14.8 Å². The molecule has 18 heavy (non-hydrogen) atoms. The van der Waals surface area contributed by atoms with E-state index in [2.05, 4.69) is 10.0 Å². The van der Waals surface area contributed by atoms with Crippen molar-refractivity contribution in [2.45, 2.75) is 39.2 Å². The van der Waals surface area contributed by atoms with Crippen molar-refractivity contribution in [3.63, 3.8) is 0 Å². The smallest absolute Gasteiger partial charge is 0.239 e. The predicted octanol–water partition coefficient (Wildman–Crippen LogP) is -0.0188. The molecule has 0 aliphatic carbocycles. The van der Waals surface area contributed by atoms with Crippen LogP contribution < -0.4 is 15.8 Å². The Hall–Kier alpha value is -0.370. The molecule has 1 atom stereocenters. The molecular weight excluding hydrogens is 278 g/mol. The van der Waals surface area contributed by atoms with Gasteiger partial charge in [-0.25, -0.2) is 13.1 Å². The van der Waals surface area contributed by atoms with Crippen molar-refractivity contribution in [3.05, 3.63) is 0 Å². The van der Waals surface area contributed by atoms with E-state index in [1.165, 1.54) is 0 Å². The van der Waals surface area contributed by atoms with Crippen molar-refractivity contribution in [2.24, 2.45) is 5.73 Å². The fourth-order valence-electron chi connectivity index (χ4n) is 1.32. The molecule has 110 valence electrons. The Balaban J connectivity index is 0. The van der Waals surface area contributed by atoms with E-state index in [4.69, 9.17) is 5.73 Å². The Bertz CT molecular complexity index is 344. The van der Waals surface area contributed by atoms with Crippen LogP contribution in [-0.4, -0.2) is 38.7 Å². The predicted molar refractivity (Wildman–Crippen MR) is 75.2 cm³/mol. The number of nitrogens with two attached hydrogens (primary N) is 1. The molecule has 0 aliphatic heterocycles. The molecule has 0 heterocycles. The van der Waals surface area contributed by atoms with Crippen molar-refractivity contribution < 1.29 is 13.2 Å². The van der Waals surface area contributed by atoms with Gasteiger partial charge in [0.05, 0.1) is 11.3 Å². The first-order chi connectivity index (χ1) is 7.75.